The second-order valence-electron chi connectivity index (χ2n) is 5.97. The van der Waals surface area contributed by atoms with Crippen molar-refractivity contribution < 1.29 is 5.21 Å². The van der Waals surface area contributed by atoms with Gasteiger partial charge < -0.3 is 5.21 Å². The number of allylic oxidation sites excluding steroid dienone is 5. The van der Waals surface area contributed by atoms with Crippen LogP contribution in [0.15, 0.2) is 41.1 Å². The Morgan fingerprint density at radius 3 is 2.72 bits per heavy atom. The number of nitrogens with zero attached hydrogens (tertiary/aromatic N) is 1. The summed E-state index contributed by atoms with van der Waals surface area (Å²) in [6, 6.07) is 0. The van der Waals surface area contributed by atoms with E-state index in [0.717, 1.165) is 24.0 Å². The molecule has 0 saturated carbocycles. The lowest BCUT2D eigenvalue weighted by molar-refractivity contribution is 0.221. The highest BCUT2D eigenvalue weighted by Crippen LogP contribution is 2.35. The Bertz CT molecular complexity index is 399. The van der Waals surface area contributed by atoms with Crippen LogP contribution in [0.4, 0.5) is 0 Å². The molecule has 0 spiro atoms. The summed E-state index contributed by atoms with van der Waals surface area (Å²) in [5, 5.41) is 12.2. The van der Waals surface area contributed by atoms with Gasteiger partial charge in [0.15, 0.2) is 0 Å². The van der Waals surface area contributed by atoms with Crippen LogP contribution in [0.2, 0.25) is 0 Å². The molecule has 1 N–H and O–H groups in total. The van der Waals surface area contributed by atoms with Crippen LogP contribution in [0.25, 0.3) is 0 Å². The van der Waals surface area contributed by atoms with Crippen LogP contribution in [0.1, 0.15) is 47.0 Å². The molecule has 0 heterocycles. The summed E-state index contributed by atoms with van der Waals surface area (Å²) in [6.45, 7) is 12.8. The van der Waals surface area contributed by atoms with Gasteiger partial charge in [-0.1, -0.05) is 56.3 Å². The molecule has 0 bridgehead atoms. The van der Waals surface area contributed by atoms with Gasteiger partial charge in [0.25, 0.3) is 0 Å². The van der Waals surface area contributed by atoms with Gasteiger partial charge in [0.2, 0.25) is 0 Å². The monoisotopic (exact) mass is 247 g/mol. The van der Waals surface area contributed by atoms with E-state index in [1.54, 1.807) is 0 Å². The molecule has 1 aliphatic rings. The van der Waals surface area contributed by atoms with Crippen LogP contribution < -0.4 is 0 Å². The first-order valence-corrected chi connectivity index (χ1v) is 6.62. The number of rotatable bonds is 1. The van der Waals surface area contributed by atoms with Crippen molar-refractivity contribution in [2.75, 3.05) is 0 Å². The molecular weight excluding hydrogens is 222 g/mol. The van der Waals surface area contributed by atoms with E-state index in [-0.39, 0.29) is 5.41 Å². The fourth-order valence-corrected chi connectivity index (χ4v) is 2.05. The minimum Gasteiger partial charge on any atom is -0.411 e. The van der Waals surface area contributed by atoms with Crippen molar-refractivity contribution in [3.05, 3.63) is 36.0 Å². The fraction of sp³-hybridized carbons (Fsp3) is 0.562. The highest BCUT2D eigenvalue weighted by molar-refractivity contribution is 6.00. The molecule has 1 aliphatic carbocycles. The molecule has 0 aromatic heterocycles. The van der Waals surface area contributed by atoms with Gasteiger partial charge in [-0.05, 0) is 43.1 Å². The van der Waals surface area contributed by atoms with Gasteiger partial charge in [-0.15, -0.1) is 0 Å². The second kappa shape index (κ2) is 6.03. The van der Waals surface area contributed by atoms with Gasteiger partial charge in [0.1, 0.15) is 0 Å². The Morgan fingerprint density at radius 1 is 1.44 bits per heavy atom. The lowest BCUT2D eigenvalue weighted by Gasteiger charge is -2.31. The summed E-state index contributed by atoms with van der Waals surface area (Å²) < 4.78 is 0. The van der Waals surface area contributed by atoms with Gasteiger partial charge in [-0.2, -0.15) is 0 Å². The van der Waals surface area contributed by atoms with E-state index < -0.39 is 0 Å². The van der Waals surface area contributed by atoms with Crippen molar-refractivity contribution in [1.82, 2.24) is 0 Å². The Labute approximate surface area is 111 Å². The van der Waals surface area contributed by atoms with E-state index in [4.69, 9.17) is 5.21 Å². The molecule has 0 saturated heterocycles. The molecule has 1 rings (SSSR count). The van der Waals surface area contributed by atoms with Crippen LogP contribution in [0.3, 0.4) is 0 Å². The third-order valence-corrected chi connectivity index (χ3v) is 4.15. The first-order valence-electron chi connectivity index (χ1n) is 6.62. The standard InChI is InChI=1S/C16H25NO/c1-12-6-8-13(2)16(4,5)11-10-15(9-7-12)14(3)17-18/h7,9-10,13,18H,1,6,8,11H2,2-5H3/b9-7-,15-10+,17-14-. The van der Waals surface area contributed by atoms with Crippen LogP contribution >= 0.6 is 0 Å². The smallest absolute Gasteiger partial charge is 0.0833 e. The van der Waals surface area contributed by atoms with Gasteiger partial charge in [0.05, 0.1) is 5.71 Å². The molecule has 2 nitrogen and oxygen atoms in total. The molecule has 1 unspecified atom stereocenters. The van der Waals surface area contributed by atoms with Crippen molar-refractivity contribution in [1.29, 1.82) is 0 Å². The summed E-state index contributed by atoms with van der Waals surface area (Å²) in [5.74, 6) is 0.643. The molecule has 18 heavy (non-hydrogen) atoms. The van der Waals surface area contributed by atoms with E-state index in [2.05, 4.69) is 38.6 Å². The lowest BCUT2D eigenvalue weighted by atomic mass is 9.74. The van der Waals surface area contributed by atoms with E-state index >= 15 is 0 Å². The zero-order valence-electron chi connectivity index (χ0n) is 12.0. The van der Waals surface area contributed by atoms with Gasteiger partial charge >= 0.3 is 0 Å². The number of oxime groups is 1. The second-order valence-corrected chi connectivity index (χ2v) is 5.97. The van der Waals surface area contributed by atoms with Crippen molar-refractivity contribution >= 4 is 5.71 Å². The van der Waals surface area contributed by atoms with Crippen LogP contribution in [-0.2, 0) is 0 Å². The third kappa shape index (κ3) is 3.86. The zero-order valence-corrected chi connectivity index (χ0v) is 12.0. The molecule has 0 aliphatic heterocycles. The fourth-order valence-electron chi connectivity index (χ4n) is 2.05. The Balaban J connectivity index is 3.07. The predicted octanol–water partition coefficient (Wildman–Crippen LogP) is 4.72. The Kier molecular flexibility index (Phi) is 4.94. The molecular formula is C16H25NO. The molecule has 0 radical (unpaired) electrons. The largest absolute Gasteiger partial charge is 0.411 e. The minimum atomic E-state index is 0.256. The molecule has 2 heteroatoms. The van der Waals surface area contributed by atoms with Crippen molar-refractivity contribution in [3.8, 4) is 0 Å². The zero-order chi connectivity index (χ0) is 13.8. The third-order valence-electron chi connectivity index (χ3n) is 4.15. The maximum atomic E-state index is 8.91. The maximum Gasteiger partial charge on any atom is 0.0833 e. The first-order chi connectivity index (χ1) is 8.36. The van der Waals surface area contributed by atoms with Crippen molar-refractivity contribution in [3.63, 3.8) is 0 Å². The van der Waals surface area contributed by atoms with Gasteiger partial charge in [-0.25, -0.2) is 0 Å². The molecule has 0 aromatic rings. The van der Waals surface area contributed by atoms with E-state index in [1.807, 2.05) is 19.1 Å². The number of hydrogen-bond acceptors (Lipinski definition) is 2. The van der Waals surface area contributed by atoms with E-state index in [9.17, 15) is 0 Å². The Morgan fingerprint density at radius 2 is 2.11 bits per heavy atom. The van der Waals surface area contributed by atoms with Gasteiger partial charge in [-0.3, -0.25) is 0 Å². The maximum absolute atomic E-state index is 8.91. The topological polar surface area (TPSA) is 32.6 Å². The minimum absolute atomic E-state index is 0.256. The SMILES string of the molecule is C=C1\C=C/C(C(/C)=N\O)=C\CC(C)(C)C(C)CC1. The number of hydrogen-bond donors (Lipinski definition) is 1. The summed E-state index contributed by atoms with van der Waals surface area (Å²) >= 11 is 0. The molecule has 0 fully saturated rings. The Hall–Kier alpha value is -1.31. The molecule has 0 amide bonds. The average molecular weight is 247 g/mol. The summed E-state index contributed by atoms with van der Waals surface area (Å²) in [5.41, 5.74) is 3.03. The highest BCUT2D eigenvalue weighted by atomic mass is 16.4. The summed E-state index contributed by atoms with van der Waals surface area (Å²) in [6.07, 6.45) is 9.40. The highest BCUT2D eigenvalue weighted by Gasteiger charge is 2.25. The summed E-state index contributed by atoms with van der Waals surface area (Å²) in [7, 11) is 0. The average Bonchev–Trinajstić information content (AvgIpc) is 2.33. The quantitative estimate of drug-likeness (QED) is 0.406. The lowest BCUT2D eigenvalue weighted by Crippen LogP contribution is -2.21. The van der Waals surface area contributed by atoms with Crippen LogP contribution in [-0.4, -0.2) is 10.9 Å². The predicted molar refractivity (Wildman–Crippen MR) is 78.1 cm³/mol. The normalized spacial score (nSPS) is 30.4. The van der Waals surface area contributed by atoms with E-state index in [1.165, 1.54) is 6.42 Å². The summed E-state index contributed by atoms with van der Waals surface area (Å²) in [4.78, 5) is 0. The molecule has 0 aromatic carbocycles. The molecule has 100 valence electrons. The first kappa shape index (κ1) is 14.7. The molecule has 1 atom stereocenters. The van der Waals surface area contributed by atoms with Crippen LogP contribution in [0, 0.1) is 11.3 Å². The van der Waals surface area contributed by atoms with Crippen molar-refractivity contribution in [2.45, 2.75) is 47.0 Å². The van der Waals surface area contributed by atoms with Crippen LogP contribution in [0.5, 0.6) is 0 Å². The van der Waals surface area contributed by atoms with E-state index in [0.29, 0.717) is 11.6 Å². The van der Waals surface area contributed by atoms with Crippen molar-refractivity contribution in [2.24, 2.45) is 16.5 Å². The van der Waals surface area contributed by atoms with Gasteiger partial charge in [0, 0.05) is 0 Å².